The van der Waals surface area contributed by atoms with Crippen LogP contribution in [0.4, 0.5) is 22.0 Å². The van der Waals surface area contributed by atoms with Crippen molar-refractivity contribution in [3.05, 3.63) is 23.4 Å². The second-order valence-corrected chi connectivity index (χ2v) is 5.34. The molecule has 0 aliphatic carbocycles. The number of rotatable bonds is 2. The fourth-order valence-electron chi connectivity index (χ4n) is 0.984. The topological polar surface area (TPSA) is 47.0 Å². The van der Waals surface area contributed by atoms with Crippen LogP contribution < -0.4 is 0 Å². The molecule has 0 spiro atoms. The van der Waals surface area contributed by atoms with Gasteiger partial charge in [-0.05, 0) is 6.07 Å². The van der Waals surface area contributed by atoms with Crippen LogP contribution in [0.5, 0.6) is 0 Å². The standard InChI is InChI=1S/C7H3ClF5NO2S/c8-17(15,16)6-4(5(9)10)1-3(2-14-6)7(11,12)13/h1-2,5H. The summed E-state index contributed by atoms with van der Waals surface area (Å²) in [5.41, 5.74) is -2.85. The molecule has 10 heteroatoms. The maximum atomic E-state index is 12.4. The van der Waals surface area contributed by atoms with Crippen LogP contribution in [0.1, 0.15) is 17.6 Å². The molecule has 0 aliphatic heterocycles. The molecule has 0 saturated heterocycles. The molecule has 3 nitrogen and oxygen atoms in total. The van der Waals surface area contributed by atoms with Crippen LogP contribution >= 0.6 is 10.7 Å². The van der Waals surface area contributed by atoms with Crippen molar-refractivity contribution in [2.24, 2.45) is 0 Å². The Labute approximate surface area is 96.6 Å². The molecule has 0 bridgehead atoms. The smallest absolute Gasteiger partial charge is 0.242 e. The molecular weight excluding hydrogens is 293 g/mol. The van der Waals surface area contributed by atoms with Gasteiger partial charge in [0.05, 0.1) is 11.1 Å². The van der Waals surface area contributed by atoms with E-state index in [0.29, 0.717) is 0 Å². The Morgan fingerprint density at radius 3 is 2.18 bits per heavy atom. The number of alkyl halides is 5. The molecule has 0 amide bonds. The van der Waals surface area contributed by atoms with Crippen LogP contribution in [0.3, 0.4) is 0 Å². The van der Waals surface area contributed by atoms with Crippen LogP contribution in [0.15, 0.2) is 17.3 Å². The molecule has 0 radical (unpaired) electrons. The van der Waals surface area contributed by atoms with Gasteiger partial charge in [-0.25, -0.2) is 22.2 Å². The first-order valence-corrected chi connectivity index (χ1v) is 6.14. The molecule has 1 aromatic heterocycles. The summed E-state index contributed by atoms with van der Waals surface area (Å²) in [6.07, 6.45) is -8.21. The van der Waals surface area contributed by atoms with Gasteiger partial charge in [-0.15, -0.1) is 0 Å². The highest BCUT2D eigenvalue weighted by atomic mass is 35.7. The monoisotopic (exact) mass is 295 g/mol. The van der Waals surface area contributed by atoms with E-state index in [1.54, 1.807) is 0 Å². The van der Waals surface area contributed by atoms with Crippen LogP contribution in [0.25, 0.3) is 0 Å². The van der Waals surface area contributed by atoms with E-state index < -0.39 is 37.8 Å². The number of hydrogen-bond donors (Lipinski definition) is 0. The molecule has 1 aromatic rings. The van der Waals surface area contributed by atoms with Gasteiger partial charge in [-0.1, -0.05) is 0 Å². The molecule has 0 fully saturated rings. The molecule has 0 N–H and O–H groups in total. The number of nitrogens with zero attached hydrogens (tertiary/aromatic N) is 1. The van der Waals surface area contributed by atoms with Gasteiger partial charge in [-0.2, -0.15) is 13.2 Å². The van der Waals surface area contributed by atoms with Crippen molar-refractivity contribution in [3.8, 4) is 0 Å². The summed E-state index contributed by atoms with van der Waals surface area (Å²) in [7, 11) is 0.143. The zero-order valence-electron chi connectivity index (χ0n) is 7.67. The van der Waals surface area contributed by atoms with Crippen LogP contribution in [0, 0.1) is 0 Å². The van der Waals surface area contributed by atoms with E-state index in [2.05, 4.69) is 4.98 Å². The van der Waals surface area contributed by atoms with E-state index in [4.69, 9.17) is 10.7 Å². The Kier molecular flexibility index (Phi) is 3.63. The lowest BCUT2D eigenvalue weighted by Gasteiger charge is -2.10. The lowest BCUT2D eigenvalue weighted by atomic mass is 10.2. The van der Waals surface area contributed by atoms with Gasteiger partial charge < -0.3 is 0 Å². The second kappa shape index (κ2) is 4.37. The molecule has 0 saturated carbocycles. The fourth-order valence-corrected chi connectivity index (χ4v) is 1.98. The van der Waals surface area contributed by atoms with E-state index in [-0.39, 0.29) is 12.3 Å². The van der Waals surface area contributed by atoms with E-state index >= 15 is 0 Å². The van der Waals surface area contributed by atoms with Crippen LogP contribution in [0.2, 0.25) is 0 Å². The highest BCUT2D eigenvalue weighted by Gasteiger charge is 2.34. The minimum Gasteiger partial charge on any atom is -0.242 e. The molecule has 17 heavy (non-hydrogen) atoms. The normalized spacial score (nSPS) is 13.1. The van der Waals surface area contributed by atoms with Gasteiger partial charge in [0, 0.05) is 16.9 Å². The van der Waals surface area contributed by atoms with E-state index in [1.165, 1.54) is 0 Å². The summed E-state index contributed by atoms with van der Waals surface area (Å²) in [6, 6.07) is 0.00687. The predicted molar refractivity (Wildman–Crippen MR) is 47.2 cm³/mol. The van der Waals surface area contributed by atoms with Crippen molar-refractivity contribution in [2.75, 3.05) is 0 Å². The predicted octanol–water partition coefficient (Wildman–Crippen LogP) is 2.97. The van der Waals surface area contributed by atoms with Gasteiger partial charge in [0.1, 0.15) is 0 Å². The maximum absolute atomic E-state index is 12.4. The highest BCUT2D eigenvalue weighted by molar-refractivity contribution is 8.13. The summed E-state index contributed by atoms with van der Waals surface area (Å²) in [6.45, 7) is 0. The Bertz CT molecular complexity index is 528. The van der Waals surface area contributed by atoms with Gasteiger partial charge in [-0.3, -0.25) is 0 Å². The molecule has 0 aromatic carbocycles. The van der Waals surface area contributed by atoms with Gasteiger partial charge in [0.25, 0.3) is 15.5 Å². The minimum absolute atomic E-state index is 0.00687. The molecule has 0 aliphatic rings. The number of pyridine rings is 1. The first kappa shape index (κ1) is 14.1. The first-order valence-electron chi connectivity index (χ1n) is 3.83. The largest absolute Gasteiger partial charge is 0.417 e. The number of hydrogen-bond acceptors (Lipinski definition) is 3. The molecule has 1 rings (SSSR count). The van der Waals surface area contributed by atoms with Gasteiger partial charge in [0.2, 0.25) is 0 Å². The van der Waals surface area contributed by atoms with E-state index in [9.17, 15) is 30.4 Å². The van der Waals surface area contributed by atoms with Crippen LogP contribution in [-0.4, -0.2) is 13.4 Å². The number of aromatic nitrogens is 1. The zero-order chi connectivity index (χ0) is 13.4. The molecule has 96 valence electrons. The minimum atomic E-state index is -4.90. The van der Waals surface area contributed by atoms with Gasteiger partial charge >= 0.3 is 6.18 Å². The Morgan fingerprint density at radius 1 is 1.29 bits per heavy atom. The summed E-state index contributed by atoms with van der Waals surface area (Å²) in [4.78, 5) is 2.82. The molecule has 1 heterocycles. The van der Waals surface area contributed by atoms with Crippen LogP contribution in [-0.2, 0) is 15.2 Å². The quantitative estimate of drug-likeness (QED) is 0.622. The Morgan fingerprint density at radius 2 is 1.82 bits per heavy atom. The fraction of sp³-hybridized carbons (Fsp3) is 0.286. The lowest BCUT2D eigenvalue weighted by molar-refractivity contribution is -0.138. The Hall–Kier alpha value is -0.960. The highest BCUT2D eigenvalue weighted by Crippen LogP contribution is 2.34. The SMILES string of the molecule is O=S(=O)(Cl)c1ncc(C(F)(F)F)cc1C(F)F. The maximum Gasteiger partial charge on any atom is 0.417 e. The van der Waals surface area contributed by atoms with E-state index in [1.807, 2.05) is 0 Å². The van der Waals surface area contributed by atoms with E-state index in [0.717, 1.165) is 0 Å². The summed E-state index contributed by atoms with van der Waals surface area (Å²) < 4.78 is 83.0. The molecule has 0 atom stereocenters. The summed E-state index contributed by atoms with van der Waals surface area (Å²) in [5.74, 6) is 0. The van der Waals surface area contributed by atoms with Crippen molar-refractivity contribution >= 4 is 19.7 Å². The van der Waals surface area contributed by atoms with Crippen molar-refractivity contribution in [2.45, 2.75) is 17.6 Å². The van der Waals surface area contributed by atoms with Gasteiger partial charge in [0.15, 0.2) is 5.03 Å². The third-order valence-corrected chi connectivity index (χ3v) is 2.91. The summed E-state index contributed by atoms with van der Waals surface area (Å²) in [5, 5.41) is -1.28. The average molecular weight is 296 g/mol. The third-order valence-electron chi connectivity index (χ3n) is 1.67. The Balaban J connectivity index is 3.49. The van der Waals surface area contributed by atoms with Crippen molar-refractivity contribution in [3.63, 3.8) is 0 Å². The first-order chi connectivity index (χ1) is 7.53. The van der Waals surface area contributed by atoms with Crippen molar-refractivity contribution in [1.29, 1.82) is 0 Å². The van der Waals surface area contributed by atoms with Crippen molar-refractivity contribution < 1.29 is 30.4 Å². The third kappa shape index (κ3) is 3.25. The lowest BCUT2D eigenvalue weighted by Crippen LogP contribution is -2.10. The zero-order valence-corrected chi connectivity index (χ0v) is 9.24. The molecular formula is C7H3ClF5NO2S. The summed E-state index contributed by atoms with van der Waals surface area (Å²) >= 11 is 0. The second-order valence-electron chi connectivity index (χ2n) is 2.85. The van der Waals surface area contributed by atoms with Crippen molar-refractivity contribution in [1.82, 2.24) is 4.98 Å². The number of halogens is 6. The average Bonchev–Trinajstić information content (AvgIpc) is 2.14. The molecule has 0 unspecified atom stereocenters.